The highest BCUT2D eigenvalue weighted by molar-refractivity contribution is 5.85. The molecule has 0 spiro atoms. The predicted octanol–water partition coefficient (Wildman–Crippen LogP) is 2.88. The third kappa shape index (κ3) is 2.66. The van der Waals surface area contributed by atoms with Crippen LogP contribution in [0.3, 0.4) is 0 Å². The summed E-state index contributed by atoms with van der Waals surface area (Å²) in [5.74, 6) is 0.763. The molecule has 1 aromatic carbocycles. The number of para-hydroxylation sites is 1. The molecule has 1 fully saturated rings. The van der Waals surface area contributed by atoms with E-state index in [9.17, 15) is 4.39 Å². The van der Waals surface area contributed by atoms with Crippen molar-refractivity contribution in [3.05, 3.63) is 29.8 Å². The fraction of sp³-hybridized carbons (Fsp3) is 0.500. The number of piperidine rings is 1. The summed E-state index contributed by atoms with van der Waals surface area (Å²) in [6, 6.07) is 7.40. The van der Waals surface area contributed by atoms with Gasteiger partial charge in [0.1, 0.15) is 11.9 Å². The van der Waals surface area contributed by atoms with E-state index in [1.807, 2.05) is 24.3 Å². The largest absolute Gasteiger partial charge is 0.496 e. The fourth-order valence-electron chi connectivity index (χ4n) is 2.08. The first kappa shape index (κ1) is 13.3. The molecule has 2 rings (SSSR count). The van der Waals surface area contributed by atoms with Gasteiger partial charge in [0.05, 0.1) is 13.2 Å². The van der Waals surface area contributed by atoms with Gasteiger partial charge in [0.25, 0.3) is 0 Å². The van der Waals surface area contributed by atoms with Crippen molar-refractivity contribution in [2.45, 2.75) is 25.1 Å². The second-order valence-electron chi connectivity index (χ2n) is 3.83. The van der Waals surface area contributed by atoms with Crippen molar-refractivity contribution in [2.24, 2.45) is 0 Å². The second-order valence-corrected chi connectivity index (χ2v) is 3.83. The normalized spacial score (nSPS) is 24.6. The first-order valence-electron chi connectivity index (χ1n) is 5.33. The Kier molecular flexibility index (Phi) is 5.03. The molecule has 0 aliphatic carbocycles. The van der Waals surface area contributed by atoms with Crippen molar-refractivity contribution in [1.29, 1.82) is 0 Å². The van der Waals surface area contributed by atoms with E-state index in [0.29, 0.717) is 6.42 Å². The Labute approximate surface area is 102 Å². The lowest BCUT2D eigenvalue weighted by Crippen LogP contribution is -2.35. The fourth-order valence-corrected chi connectivity index (χ4v) is 2.08. The molecule has 1 aliphatic rings. The van der Waals surface area contributed by atoms with E-state index in [-0.39, 0.29) is 18.4 Å². The predicted molar refractivity (Wildman–Crippen MR) is 65.1 cm³/mol. The van der Waals surface area contributed by atoms with Gasteiger partial charge in [-0.3, -0.25) is 0 Å². The highest BCUT2D eigenvalue weighted by atomic mass is 35.5. The molecular weight excluding hydrogens is 229 g/mol. The quantitative estimate of drug-likeness (QED) is 0.865. The molecule has 16 heavy (non-hydrogen) atoms. The zero-order chi connectivity index (χ0) is 10.7. The van der Waals surface area contributed by atoms with Gasteiger partial charge in [0.15, 0.2) is 0 Å². The molecule has 0 amide bonds. The van der Waals surface area contributed by atoms with E-state index >= 15 is 0 Å². The Morgan fingerprint density at radius 3 is 2.81 bits per heavy atom. The van der Waals surface area contributed by atoms with Crippen LogP contribution in [0, 0.1) is 0 Å². The highest BCUT2D eigenvalue weighted by Gasteiger charge is 2.27. The van der Waals surface area contributed by atoms with Crippen LogP contribution in [0.1, 0.15) is 24.4 Å². The van der Waals surface area contributed by atoms with Crippen molar-refractivity contribution < 1.29 is 9.13 Å². The van der Waals surface area contributed by atoms with Crippen LogP contribution >= 0.6 is 12.4 Å². The first-order valence-corrected chi connectivity index (χ1v) is 5.33. The molecule has 2 unspecified atom stereocenters. The molecule has 1 heterocycles. The van der Waals surface area contributed by atoms with E-state index in [1.165, 1.54) is 0 Å². The van der Waals surface area contributed by atoms with Crippen molar-refractivity contribution in [3.8, 4) is 5.75 Å². The van der Waals surface area contributed by atoms with Gasteiger partial charge in [-0.05, 0) is 25.5 Å². The van der Waals surface area contributed by atoms with Gasteiger partial charge in [-0.15, -0.1) is 12.4 Å². The first-order chi connectivity index (χ1) is 7.33. The third-order valence-electron chi connectivity index (χ3n) is 2.86. The molecule has 2 atom stereocenters. The van der Waals surface area contributed by atoms with Crippen molar-refractivity contribution in [1.82, 2.24) is 5.32 Å². The summed E-state index contributed by atoms with van der Waals surface area (Å²) in [6.07, 6.45) is 0.734. The van der Waals surface area contributed by atoms with Crippen LogP contribution in [-0.2, 0) is 0 Å². The summed E-state index contributed by atoms with van der Waals surface area (Å²) in [7, 11) is 1.62. The average Bonchev–Trinajstić information content (AvgIpc) is 2.30. The number of ether oxygens (including phenoxy) is 1. The van der Waals surface area contributed by atoms with Crippen LogP contribution in [0.4, 0.5) is 4.39 Å². The average molecular weight is 246 g/mol. The Hall–Kier alpha value is -0.800. The second kappa shape index (κ2) is 6.06. The van der Waals surface area contributed by atoms with Crippen LogP contribution in [0.5, 0.6) is 5.75 Å². The minimum Gasteiger partial charge on any atom is -0.496 e. The molecule has 1 N–H and O–H groups in total. The Bertz CT molecular complexity index is 335. The van der Waals surface area contributed by atoms with E-state index < -0.39 is 6.17 Å². The van der Waals surface area contributed by atoms with E-state index in [4.69, 9.17) is 4.74 Å². The van der Waals surface area contributed by atoms with Crippen molar-refractivity contribution in [2.75, 3.05) is 13.7 Å². The van der Waals surface area contributed by atoms with Gasteiger partial charge < -0.3 is 10.1 Å². The van der Waals surface area contributed by atoms with E-state index in [1.54, 1.807) is 7.11 Å². The molecule has 0 aromatic heterocycles. The summed E-state index contributed by atoms with van der Waals surface area (Å²) in [5.41, 5.74) is 0.923. The summed E-state index contributed by atoms with van der Waals surface area (Å²) >= 11 is 0. The van der Waals surface area contributed by atoms with Crippen LogP contribution in [0.2, 0.25) is 0 Å². The number of methoxy groups -OCH3 is 1. The SMILES string of the molecule is COc1ccccc1C1NCCCC1F.Cl. The number of halogens is 2. The molecule has 4 heteroatoms. The molecule has 2 nitrogen and oxygen atoms in total. The summed E-state index contributed by atoms with van der Waals surface area (Å²) in [5, 5.41) is 3.20. The maximum Gasteiger partial charge on any atom is 0.123 e. The zero-order valence-corrected chi connectivity index (χ0v) is 10.1. The number of hydrogen-bond donors (Lipinski definition) is 1. The molecular formula is C12H17ClFNO. The molecule has 0 bridgehead atoms. The number of benzene rings is 1. The van der Waals surface area contributed by atoms with E-state index in [2.05, 4.69) is 5.32 Å². The maximum atomic E-state index is 13.7. The number of hydrogen-bond acceptors (Lipinski definition) is 2. The van der Waals surface area contributed by atoms with Gasteiger partial charge in [0, 0.05) is 5.56 Å². The lowest BCUT2D eigenvalue weighted by molar-refractivity contribution is 0.198. The molecule has 1 aliphatic heterocycles. The third-order valence-corrected chi connectivity index (χ3v) is 2.86. The van der Waals surface area contributed by atoms with Crippen LogP contribution in [0.15, 0.2) is 24.3 Å². The zero-order valence-electron chi connectivity index (χ0n) is 9.28. The lowest BCUT2D eigenvalue weighted by Gasteiger charge is -2.28. The molecule has 90 valence electrons. The summed E-state index contributed by atoms with van der Waals surface area (Å²) < 4.78 is 19.0. The Morgan fingerprint density at radius 1 is 1.38 bits per heavy atom. The number of rotatable bonds is 2. The van der Waals surface area contributed by atoms with Gasteiger partial charge in [-0.2, -0.15) is 0 Å². The molecule has 1 saturated heterocycles. The topological polar surface area (TPSA) is 21.3 Å². The maximum absolute atomic E-state index is 13.7. The minimum atomic E-state index is -0.810. The summed E-state index contributed by atoms with van der Waals surface area (Å²) in [6.45, 7) is 0.878. The number of alkyl halides is 1. The van der Waals surface area contributed by atoms with Gasteiger partial charge in [-0.1, -0.05) is 18.2 Å². The number of nitrogens with one attached hydrogen (secondary N) is 1. The van der Waals surface area contributed by atoms with Crippen molar-refractivity contribution >= 4 is 12.4 Å². The monoisotopic (exact) mass is 245 g/mol. The van der Waals surface area contributed by atoms with Crippen LogP contribution < -0.4 is 10.1 Å². The minimum absolute atomic E-state index is 0. The molecule has 1 aromatic rings. The van der Waals surface area contributed by atoms with Crippen LogP contribution in [-0.4, -0.2) is 19.8 Å². The smallest absolute Gasteiger partial charge is 0.123 e. The Balaban J connectivity index is 0.00000128. The molecule has 0 saturated carbocycles. The van der Waals surface area contributed by atoms with E-state index in [0.717, 1.165) is 24.3 Å². The lowest BCUT2D eigenvalue weighted by atomic mass is 9.95. The Morgan fingerprint density at radius 2 is 2.12 bits per heavy atom. The van der Waals surface area contributed by atoms with Gasteiger partial charge in [-0.25, -0.2) is 4.39 Å². The van der Waals surface area contributed by atoms with Gasteiger partial charge >= 0.3 is 0 Å². The molecule has 0 radical (unpaired) electrons. The standard InChI is InChI=1S/C12H16FNO.ClH/c1-15-11-7-3-2-5-9(11)12-10(13)6-4-8-14-12;/h2-3,5,7,10,12,14H,4,6,8H2,1H3;1H. The van der Waals surface area contributed by atoms with Crippen molar-refractivity contribution in [3.63, 3.8) is 0 Å². The van der Waals surface area contributed by atoms with Gasteiger partial charge in [0.2, 0.25) is 0 Å². The highest BCUT2D eigenvalue weighted by Crippen LogP contribution is 2.31. The van der Waals surface area contributed by atoms with Crippen LogP contribution in [0.25, 0.3) is 0 Å². The summed E-state index contributed by atoms with van der Waals surface area (Å²) in [4.78, 5) is 0.